The summed E-state index contributed by atoms with van der Waals surface area (Å²) in [5.74, 6) is 0.906. The van der Waals surface area contributed by atoms with Crippen LogP contribution in [0.15, 0.2) is 0 Å². The lowest BCUT2D eigenvalue weighted by molar-refractivity contribution is 0.131. The molecule has 0 saturated carbocycles. The van der Waals surface area contributed by atoms with Crippen molar-refractivity contribution in [3.8, 4) is 0 Å². The second kappa shape index (κ2) is 9.80. The molecule has 1 saturated heterocycles. The predicted molar refractivity (Wildman–Crippen MR) is 80.8 cm³/mol. The van der Waals surface area contributed by atoms with Crippen molar-refractivity contribution in [2.75, 3.05) is 19.6 Å². The molecule has 1 aliphatic rings. The molecule has 2 heteroatoms. The fraction of sp³-hybridized carbons (Fsp3) is 1.00. The van der Waals surface area contributed by atoms with Crippen LogP contribution < -0.4 is 5.73 Å². The average molecular weight is 254 g/mol. The minimum atomic E-state index is 0.797. The molecule has 1 rings (SSSR count). The Bertz CT molecular complexity index is 186. The van der Waals surface area contributed by atoms with Crippen LogP contribution in [-0.2, 0) is 0 Å². The molecule has 0 amide bonds. The van der Waals surface area contributed by atoms with Gasteiger partial charge in [-0.05, 0) is 58.2 Å². The van der Waals surface area contributed by atoms with Crippen molar-refractivity contribution in [1.29, 1.82) is 0 Å². The number of unbranched alkanes of at least 4 members (excludes halogenated alkanes) is 4. The van der Waals surface area contributed by atoms with E-state index in [0.29, 0.717) is 0 Å². The molecule has 0 aromatic heterocycles. The molecule has 0 aromatic carbocycles. The van der Waals surface area contributed by atoms with Crippen LogP contribution in [0.5, 0.6) is 0 Å². The van der Waals surface area contributed by atoms with Gasteiger partial charge in [0, 0.05) is 6.04 Å². The van der Waals surface area contributed by atoms with E-state index in [-0.39, 0.29) is 0 Å². The maximum atomic E-state index is 5.65. The average Bonchev–Trinajstić information content (AvgIpc) is 2.39. The van der Waals surface area contributed by atoms with E-state index in [1.165, 1.54) is 70.9 Å². The van der Waals surface area contributed by atoms with E-state index in [0.717, 1.165) is 18.5 Å². The normalized spacial score (nSPS) is 20.2. The van der Waals surface area contributed by atoms with Gasteiger partial charge >= 0.3 is 0 Å². The minimum Gasteiger partial charge on any atom is -0.330 e. The van der Waals surface area contributed by atoms with Gasteiger partial charge < -0.3 is 10.6 Å². The highest BCUT2D eigenvalue weighted by Gasteiger charge is 2.21. The van der Waals surface area contributed by atoms with Crippen molar-refractivity contribution in [3.63, 3.8) is 0 Å². The van der Waals surface area contributed by atoms with Gasteiger partial charge in [-0.3, -0.25) is 0 Å². The number of hydrogen-bond donors (Lipinski definition) is 1. The summed E-state index contributed by atoms with van der Waals surface area (Å²) in [6.45, 7) is 8.19. The SMILES string of the molecule is CCCCCCCC(C)N1CCC(CCN)CC1. The van der Waals surface area contributed by atoms with Crippen molar-refractivity contribution >= 4 is 0 Å². The first kappa shape index (κ1) is 16.0. The van der Waals surface area contributed by atoms with Gasteiger partial charge in [0.05, 0.1) is 0 Å². The lowest BCUT2D eigenvalue weighted by Crippen LogP contribution is -2.40. The molecule has 0 aliphatic carbocycles. The highest BCUT2D eigenvalue weighted by atomic mass is 15.2. The monoisotopic (exact) mass is 254 g/mol. The van der Waals surface area contributed by atoms with E-state index < -0.39 is 0 Å². The Morgan fingerprint density at radius 2 is 1.78 bits per heavy atom. The summed E-state index contributed by atoms with van der Waals surface area (Å²) in [5, 5.41) is 0. The van der Waals surface area contributed by atoms with E-state index in [4.69, 9.17) is 5.73 Å². The van der Waals surface area contributed by atoms with E-state index in [2.05, 4.69) is 18.7 Å². The third-order valence-corrected chi connectivity index (χ3v) is 4.57. The summed E-state index contributed by atoms with van der Waals surface area (Å²) in [6.07, 6.45) is 12.4. The van der Waals surface area contributed by atoms with Gasteiger partial charge in [0.15, 0.2) is 0 Å². The number of piperidine rings is 1. The minimum absolute atomic E-state index is 0.797. The number of nitrogens with two attached hydrogens (primary N) is 1. The molecule has 1 aliphatic heterocycles. The third kappa shape index (κ3) is 6.19. The lowest BCUT2D eigenvalue weighted by Gasteiger charge is -2.36. The smallest absolute Gasteiger partial charge is 0.00669 e. The first-order valence-corrected chi connectivity index (χ1v) is 8.22. The molecular formula is C16H34N2. The molecule has 2 N–H and O–H groups in total. The molecule has 18 heavy (non-hydrogen) atoms. The van der Waals surface area contributed by atoms with Gasteiger partial charge in [0.25, 0.3) is 0 Å². The number of likely N-dealkylation sites (tertiary alicyclic amines) is 1. The van der Waals surface area contributed by atoms with Gasteiger partial charge in [0.2, 0.25) is 0 Å². The van der Waals surface area contributed by atoms with Gasteiger partial charge in [-0.15, -0.1) is 0 Å². The van der Waals surface area contributed by atoms with Gasteiger partial charge in [-0.25, -0.2) is 0 Å². The van der Waals surface area contributed by atoms with E-state index >= 15 is 0 Å². The fourth-order valence-corrected chi connectivity index (χ4v) is 3.14. The van der Waals surface area contributed by atoms with Crippen LogP contribution in [0.4, 0.5) is 0 Å². The molecule has 108 valence electrons. The van der Waals surface area contributed by atoms with Crippen molar-refractivity contribution in [1.82, 2.24) is 4.90 Å². The van der Waals surface area contributed by atoms with Gasteiger partial charge in [-0.1, -0.05) is 39.0 Å². The molecule has 0 spiro atoms. The maximum Gasteiger partial charge on any atom is 0.00669 e. The summed E-state index contributed by atoms with van der Waals surface area (Å²) in [4.78, 5) is 2.70. The molecule has 0 radical (unpaired) electrons. The first-order valence-electron chi connectivity index (χ1n) is 8.22. The quantitative estimate of drug-likeness (QED) is 0.634. The first-order chi connectivity index (χ1) is 8.77. The molecule has 1 unspecified atom stereocenters. The standard InChI is InChI=1S/C16H34N2/c1-3-4-5-6-7-8-15(2)18-13-10-16(9-12-17)11-14-18/h15-16H,3-14,17H2,1-2H3. The van der Waals surface area contributed by atoms with Gasteiger partial charge in [0.1, 0.15) is 0 Å². The Labute approximate surface area is 114 Å². The highest BCUT2D eigenvalue weighted by Crippen LogP contribution is 2.22. The summed E-state index contributed by atoms with van der Waals surface area (Å²) in [5.41, 5.74) is 5.65. The zero-order chi connectivity index (χ0) is 13.2. The molecule has 2 nitrogen and oxygen atoms in total. The number of hydrogen-bond acceptors (Lipinski definition) is 2. The Balaban J connectivity index is 2.06. The molecule has 1 atom stereocenters. The Morgan fingerprint density at radius 3 is 2.39 bits per heavy atom. The molecule has 1 fully saturated rings. The second-order valence-electron chi connectivity index (χ2n) is 6.11. The van der Waals surface area contributed by atoms with Crippen molar-refractivity contribution in [2.24, 2.45) is 11.7 Å². The number of nitrogens with zero attached hydrogens (tertiary/aromatic N) is 1. The molecule has 0 aromatic rings. The zero-order valence-corrected chi connectivity index (χ0v) is 12.7. The topological polar surface area (TPSA) is 29.3 Å². The summed E-state index contributed by atoms with van der Waals surface area (Å²) in [7, 11) is 0. The van der Waals surface area contributed by atoms with Crippen molar-refractivity contribution in [3.05, 3.63) is 0 Å². The second-order valence-corrected chi connectivity index (χ2v) is 6.11. The molecule has 1 heterocycles. The van der Waals surface area contributed by atoms with Crippen LogP contribution in [0.1, 0.15) is 71.6 Å². The van der Waals surface area contributed by atoms with Crippen molar-refractivity contribution < 1.29 is 0 Å². The Hall–Kier alpha value is -0.0800. The summed E-state index contributed by atoms with van der Waals surface area (Å²) >= 11 is 0. The lowest BCUT2D eigenvalue weighted by atomic mass is 9.92. The number of rotatable bonds is 9. The van der Waals surface area contributed by atoms with E-state index in [9.17, 15) is 0 Å². The fourth-order valence-electron chi connectivity index (χ4n) is 3.14. The zero-order valence-electron chi connectivity index (χ0n) is 12.7. The maximum absolute atomic E-state index is 5.65. The van der Waals surface area contributed by atoms with E-state index in [1.54, 1.807) is 0 Å². The van der Waals surface area contributed by atoms with Crippen LogP contribution >= 0.6 is 0 Å². The Kier molecular flexibility index (Phi) is 8.70. The molecule has 0 bridgehead atoms. The summed E-state index contributed by atoms with van der Waals surface area (Å²) < 4.78 is 0. The largest absolute Gasteiger partial charge is 0.330 e. The van der Waals surface area contributed by atoms with E-state index in [1.807, 2.05) is 0 Å². The van der Waals surface area contributed by atoms with Crippen LogP contribution in [-0.4, -0.2) is 30.6 Å². The van der Waals surface area contributed by atoms with Crippen LogP contribution in [0.25, 0.3) is 0 Å². The molecular weight excluding hydrogens is 220 g/mol. The Morgan fingerprint density at radius 1 is 1.11 bits per heavy atom. The summed E-state index contributed by atoms with van der Waals surface area (Å²) in [6, 6.07) is 0.797. The van der Waals surface area contributed by atoms with Crippen LogP contribution in [0, 0.1) is 5.92 Å². The highest BCUT2D eigenvalue weighted by molar-refractivity contribution is 4.76. The van der Waals surface area contributed by atoms with Gasteiger partial charge in [-0.2, -0.15) is 0 Å². The third-order valence-electron chi connectivity index (χ3n) is 4.57. The predicted octanol–water partition coefficient (Wildman–Crippen LogP) is 3.80. The van der Waals surface area contributed by atoms with Crippen LogP contribution in [0.2, 0.25) is 0 Å². The van der Waals surface area contributed by atoms with Crippen molar-refractivity contribution in [2.45, 2.75) is 77.7 Å². The van der Waals surface area contributed by atoms with Crippen LogP contribution in [0.3, 0.4) is 0 Å².